The molecular formula is C15H21BrN2O. The zero-order valence-electron chi connectivity index (χ0n) is 11.2. The Morgan fingerprint density at radius 1 is 0.947 bits per heavy atom. The Morgan fingerprint density at radius 2 is 1.58 bits per heavy atom. The number of nitrogens with zero attached hydrogens (tertiary/aromatic N) is 2. The van der Waals surface area contributed by atoms with E-state index in [-0.39, 0.29) is 0 Å². The van der Waals surface area contributed by atoms with E-state index in [1.54, 1.807) is 0 Å². The summed E-state index contributed by atoms with van der Waals surface area (Å²) >= 11 is 3.49. The Bertz CT molecular complexity index is 395. The Morgan fingerprint density at radius 3 is 2.21 bits per heavy atom. The fourth-order valence-electron chi connectivity index (χ4n) is 3.08. The molecule has 4 heteroatoms. The van der Waals surface area contributed by atoms with Gasteiger partial charge in [0.05, 0.1) is 13.2 Å². The van der Waals surface area contributed by atoms with Gasteiger partial charge in [-0.2, -0.15) is 0 Å². The molecule has 0 unspecified atom stereocenters. The Kier molecular flexibility index (Phi) is 4.41. The number of ether oxygens (including phenoxy) is 1. The zero-order valence-corrected chi connectivity index (χ0v) is 12.8. The van der Waals surface area contributed by atoms with Crippen molar-refractivity contribution in [1.29, 1.82) is 0 Å². The standard InChI is InChI=1S/C15H21BrN2O/c16-13-1-3-14(4-2-13)17-7-5-15(6-8-17)18-9-11-19-12-10-18/h1-4,15H,5-12H2. The third-order valence-electron chi connectivity index (χ3n) is 4.22. The number of anilines is 1. The van der Waals surface area contributed by atoms with Crippen molar-refractivity contribution in [2.75, 3.05) is 44.3 Å². The molecule has 2 aliphatic rings. The molecule has 0 amide bonds. The maximum Gasteiger partial charge on any atom is 0.0594 e. The second kappa shape index (κ2) is 6.25. The molecule has 104 valence electrons. The van der Waals surface area contributed by atoms with Crippen molar-refractivity contribution in [3.8, 4) is 0 Å². The van der Waals surface area contributed by atoms with E-state index in [1.807, 2.05) is 0 Å². The van der Waals surface area contributed by atoms with Gasteiger partial charge in [0, 0.05) is 42.4 Å². The summed E-state index contributed by atoms with van der Waals surface area (Å²) in [5.41, 5.74) is 1.35. The normalized spacial score (nSPS) is 22.7. The lowest BCUT2D eigenvalue weighted by atomic mass is 10.0. The molecule has 2 fully saturated rings. The summed E-state index contributed by atoms with van der Waals surface area (Å²) in [6.45, 7) is 6.39. The van der Waals surface area contributed by atoms with Crippen molar-refractivity contribution in [3.05, 3.63) is 28.7 Å². The summed E-state index contributed by atoms with van der Waals surface area (Å²) in [6, 6.07) is 9.43. The molecule has 3 nitrogen and oxygen atoms in total. The molecule has 0 aromatic heterocycles. The quantitative estimate of drug-likeness (QED) is 0.832. The first-order valence-corrected chi connectivity index (χ1v) is 7.94. The number of benzene rings is 1. The molecule has 2 aliphatic heterocycles. The summed E-state index contributed by atoms with van der Waals surface area (Å²) in [5.74, 6) is 0. The van der Waals surface area contributed by atoms with E-state index in [4.69, 9.17) is 4.74 Å². The Hall–Kier alpha value is -0.580. The molecule has 1 aromatic carbocycles. The minimum absolute atomic E-state index is 0.760. The van der Waals surface area contributed by atoms with Gasteiger partial charge in [0.2, 0.25) is 0 Å². The van der Waals surface area contributed by atoms with Gasteiger partial charge in [0.15, 0.2) is 0 Å². The first-order valence-electron chi connectivity index (χ1n) is 7.15. The molecule has 1 aromatic rings. The lowest BCUT2D eigenvalue weighted by molar-refractivity contribution is 0.0115. The Labute approximate surface area is 123 Å². The van der Waals surface area contributed by atoms with Crippen LogP contribution in [0.2, 0.25) is 0 Å². The lowest BCUT2D eigenvalue weighted by Gasteiger charge is -2.40. The fraction of sp³-hybridized carbons (Fsp3) is 0.600. The average molecular weight is 325 g/mol. The van der Waals surface area contributed by atoms with Crippen LogP contribution in [0, 0.1) is 0 Å². The van der Waals surface area contributed by atoms with Gasteiger partial charge in [-0.3, -0.25) is 4.90 Å². The van der Waals surface area contributed by atoms with E-state index in [0.29, 0.717) is 0 Å². The molecule has 0 bridgehead atoms. The van der Waals surface area contributed by atoms with Gasteiger partial charge < -0.3 is 9.64 Å². The van der Waals surface area contributed by atoms with Crippen LogP contribution in [0.3, 0.4) is 0 Å². The predicted octanol–water partition coefficient (Wildman–Crippen LogP) is 2.75. The molecular weight excluding hydrogens is 304 g/mol. The fourth-order valence-corrected chi connectivity index (χ4v) is 3.35. The van der Waals surface area contributed by atoms with Gasteiger partial charge in [0.1, 0.15) is 0 Å². The highest BCUT2D eigenvalue weighted by Gasteiger charge is 2.25. The van der Waals surface area contributed by atoms with Crippen LogP contribution in [0.1, 0.15) is 12.8 Å². The largest absolute Gasteiger partial charge is 0.379 e. The summed E-state index contributed by atoms with van der Waals surface area (Å²) in [7, 11) is 0. The minimum atomic E-state index is 0.760. The maximum absolute atomic E-state index is 5.44. The Balaban J connectivity index is 1.55. The van der Waals surface area contributed by atoms with Crippen molar-refractivity contribution in [2.45, 2.75) is 18.9 Å². The summed E-state index contributed by atoms with van der Waals surface area (Å²) in [6.07, 6.45) is 2.55. The lowest BCUT2D eigenvalue weighted by Crippen LogP contribution is -2.49. The number of morpholine rings is 1. The topological polar surface area (TPSA) is 15.7 Å². The number of halogens is 1. The maximum atomic E-state index is 5.44. The molecule has 0 aliphatic carbocycles. The van der Waals surface area contributed by atoms with E-state index >= 15 is 0 Å². The van der Waals surface area contributed by atoms with Crippen LogP contribution >= 0.6 is 15.9 Å². The zero-order chi connectivity index (χ0) is 13.1. The second-order valence-corrected chi connectivity index (χ2v) is 6.26. The SMILES string of the molecule is Brc1ccc(N2CCC(N3CCOCC3)CC2)cc1. The number of hydrogen-bond donors (Lipinski definition) is 0. The molecule has 3 rings (SSSR count). The van der Waals surface area contributed by atoms with Crippen LogP contribution in [0.25, 0.3) is 0 Å². The first-order chi connectivity index (χ1) is 9.33. The van der Waals surface area contributed by atoms with Gasteiger partial charge in [-0.1, -0.05) is 15.9 Å². The highest BCUT2D eigenvalue weighted by molar-refractivity contribution is 9.10. The van der Waals surface area contributed by atoms with Gasteiger partial charge in [-0.15, -0.1) is 0 Å². The van der Waals surface area contributed by atoms with E-state index in [9.17, 15) is 0 Å². The van der Waals surface area contributed by atoms with Crippen molar-refractivity contribution in [1.82, 2.24) is 4.90 Å². The van der Waals surface area contributed by atoms with Crippen LogP contribution in [0.15, 0.2) is 28.7 Å². The van der Waals surface area contributed by atoms with Gasteiger partial charge in [0.25, 0.3) is 0 Å². The molecule has 2 saturated heterocycles. The highest BCUT2D eigenvalue weighted by Crippen LogP contribution is 2.24. The predicted molar refractivity (Wildman–Crippen MR) is 81.8 cm³/mol. The van der Waals surface area contributed by atoms with Crippen molar-refractivity contribution >= 4 is 21.6 Å². The summed E-state index contributed by atoms with van der Waals surface area (Å²) in [5, 5.41) is 0. The second-order valence-electron chi connectivity index (χ2n) is 5.34. The van der Waals surface area contributed by atoms with Crippen molar-refractivity contribution in [2.24, 2.45) is 0 Å². The van der Waals surface area contributed by atoms with E-state index in [2.05, 4.69) is 50.0 Å². The summed E-state index contributed by atoms with van der Waals surface area (Å²) in [4.78, 5) is 5.12. The van der Waals surface area contributed by atoms with Gasteiger partial charge in [-0.25, -0.2) is 0 Å². The summed E-state index contributed by atoms with van der Waals surface area (Å²) < 4.78 is 6.59. The molecule has 19 heavy (non-hydrogen) atoms. The van der Waals surface area contributed by atoms with Gasteiger partial charge in [-0.05, 0) is 37.1 Å². The monoisotopic (exact) mass is 324 g/mol. The van der Waals surface area contributed by atoms with E-state index < -0.39 is 0 Å². The van der Waals surface area contributed by atoms with E-state index in [0.717, 1.165) is 36.8 Å². The molecule has 2 heterocycles. The number of piperidine rings is 1. The highest BCUT2D eigenvalue weighted by atomic mass is 79.9. The molecule has 0 radical (unpaired) electrons. The smallest absolute Gasteiger partial charge is 0.0594 e. The van der Waals surface area contributed by atoms with Crippen molar-refractivity contribution < 1.29 is 4.74 Å². The molecule has 0 N–H and O–H groups in total. The third-order valence-corrected chi connectivity index (χ3v) is 4.75. The van der Waals surface area contributed by atoms with Gasteiger partial charge >= 0.3 is 0 Å². The average Bonchev–Trinajstić information content (AvgIpc) is 2.49. The van der Waals surface area contributed by atoms with Crippen LogP contribution < -0.4 is 4.90 Å². The molecule has 0 saturated carbocycles. The molecule has 0 atom stereocenters. The van der Waals surface area contributed by atoms with Crippen molar-refractivity contribution in [3.63, 3.8) is 0 Å². The third kappa shape index (κ3) is 3.30. The van der Waals surface area contributed by atoms with Crippen LogP contribution in [0.4, 0.5) is 5.69 Å². The van der Waals surface area contributed by atoms with Crippen LogP contribution in [-0.2, 0) is 4.74 Å². The molecule has 0 spiro atoms. The first kappa shape index (κ1) is 13.4. The number of hydrogen-bond acceptors (Lipinski definition) is 3. The van der Waals surface area contributed by atoms with Crippen LogP contribution in [0.5, 0.6) is 0 Å². The minimum Gasteiger partial charge on any atom is -0.379 e. The van der Waals surface area contributed by atoms with E-state index in [1.165, 1.54) is 31.6 Å². The van der Waals surface area contributed by atoms with Crippen LogP contribution in [-0.4, -0.2) is 50.3 Å². The number of rotatable bonds is 2.